The lowest BCUT2D eigenvalue weighted by molar-refractivity contribution is -0.137. The number of carbonyl (C=O) groups is 3. The van der Waals surface area contributed by atoms with Crippen LogP contribution in [0, 0.1) is 6.92 Å². The number of anilines is 2. The smallest absolute Gasteiger partial charge is 0.321 e. The first kappa shape index (κ1) is 26.8. The van der Waals surface area contributed by atoms with Crippen LogP contribution in [0.15, 0.2) is 48.5 Å². The number of carbonyl (C=O) groups excluding carboxylic acids is 3. The van der Waals surface area contributed by atoms with Crippen molar-refractivity contribution in [2.24, 2.45) is 0 Å². The maximum Gasteiger partial charge on any atom is 0.321 e. The predicted molar refractivity (Wildman–Crippen MR) is 144 cm³/mol. The van der Waals surface area contributed by atoms with Gasteiger partial charge < -0.3 is 30.1 Å². The largest absolute Gasteiger partial charge is 0.385 e. The number of piperidine rings is 1. The molecule has 1 spiro atoms. The standard InChI is InChI=1S/C27H34ClN5O4/c1-20-9-10-21(17-23(20)28)30-26(36)31-14-11-27(12-15-31)25(35)32(18-24(34)29-13-6-16-37-2)19-33(27)22-7-4-3-5-8-22/h3-5,7-10,17H,6,11-16,18-19H2,1-2H3,(H,29,34)(H,30,36). The first-order valence-electron chi connectivity index (χ1n) is 12.5. The van der Waals surface area contributed by atoms with Crippen molar-refractivity contribution in [1.82, 2.24) is 15.1 Å². The zero-order chi connectivity index (χ0) is 26.4. The summed E-state index contributed by atoms with van der Waals surface area (Å²) in [6, 6.07) is 15.0. The van der Waals surface area contributed by atoms with E-state index in [0.29, 0.717) is 62.9 Å². The van der Waals surface area contributed by atoms with Crippen LogP contribution in [0.1, 0.15) is 24.8 Å². The monoisotopic (exact) mass is 527 g/mol. The van der Waals surface area contributed by atoms with E-state index in [4.69, 9.17) is 16.3 Å². The third-order valence-corrected chi connectivity index (χ3v) is 7.47. The number of aryl methyl sites for hydroxylation is 1. The van der Waals surface area contributed by atoms with E-state index in [0.717, 1.165) is 11.3 Å². The zero-order valence-corrected chi connectivity index (χ0v) is 22.1. The van der Waals surface area contributed by atoms with Crippen molar-refractivity contribution in [3.05, 3.63) is 59.1 Å². The van der Waals surface area contributed by atoms with Gasteiger partial charge in [0, 0.05) is 49.7 Å². The third-order valence-electron chi connectivity index (χ3n) is 7.06. The Labute approximate surface area is 222 Å². The molecule has 0 unspecified atom stereocenters. The van der Waals surface area contributed by atoms with Gasteiger partial charge in [-0.25, -0.2) is 4.79 Å². The molecule has 2 aliphatic heterocycles. The molecule has 198 valence electrons. The van der Waals surface area contributed by atoms with Crippen molar-refractivity contribution in [3.8, 4) is 0 Å². The van der Waals surface area contributed by atoms with E-state index in [1.807, 2.05) is 49.4 Å². The number of nitrogens with one attached hydrogen (secondary N) is 2. The average Bonchev–Trinajstić information content (AvgIpc) is 3.15. The lowest BCUT2D eigenvalue weighted by Crippen LogP contribution is -2.58. The SMILES string of the molecule is COCCCNC(=O)CN1CN(c2ccccc2)C2(CCN(C(=O)Nc3ccc(C)c(Cl)c3)CC2)C1=O. The number of methoxy groups -OCH3 is 1. The molecule has 10 heteroatoms. The number of nitrogens with zero attached hydrogens (tertiary/aromatic N) is 3. The number of para-hydroxylation sites is 1. The van der Waals surface area contributed by atoms with Crippen molar-refractivity contribution in [3.63, 3.8) is 0 Å². The number of hydrogen-bond donors (Lipinski definition) is 2. The quantitative estimate of drug-likeness (QED) is 0.513. The molecule has 0 atom stereocenters. The summed E-state index contributed by atoms with van der Waals surface area (Å²) in [6.07, 6.45) is 1.65. The van der Waals surface area contributed by atoms with E-state index in [1.54, 1.807) is 23.0 Å². The Morgan fingerprint density at radius 3 is 2.51 bits per heavy atom. The Bertz CT molecular complexity index is 1120. The molecule has 4 amide bonds. The van der Waals surface area contributed by atoms with Gasteiger partial charge in [-0.05, 0) is 56.0 Å². The summed E-state index contributed by atoms with van der Waals surface area (Å²) in [5, 5.41) is 6.36. The van der Waals surface area contributed by atoms with Gasteiger partial charge in [-0.15, -0.1) is 0 Å². The van der Waals surface area contributed by atoms with Crippen LogP contribution >= 0.6 is 11.6 Å². The van der Waals surface area contributed by atoms with E-state index >= 15 is 0 Å². The number of hydrogen-bond acceptors (Lipinski definition) is 5. The Kier molecular flexibility index (Phi) is 8.56. The molecule has 9 nitrogen and oxygen atoms in total. The van der Waals surface area contributed by atoms with Gasteiger partial charge in [-0.1, -0.05) is 35.9 Å². The van der Waals surface area contributed by atoms with E-state index in [1.165, 1.54) is 0 Å². The van der Waals surface area contributed by atoms with Gasteiger partial charge >= 0.3 is 6.03 Å². The fourth-order valence-corrected chi connectivity index (χ4v) is 5.13. The van der Waals surface area contributed by atoms with Crippen molar-refractivity contribution in [2.45, 2.75) is 31.7 Å². The molecule has 2 aromatic carbocycles. The highest BCUT2D eigenvalue weighted by atomic mass is 35.5. The van der Waals surface area contributed by atoms with Gasteiger partial charge in [0.25, 0.3) is 5.91 Å². The van der Waals surface area contributed by atoms with Crippen LogP contribution in [0.5, 0.6) is 0 Å². The van der Waals surface area contributed by atoms with Crippen LogP contribution in [0.3, 0.4) is 0 Å². The van der Waals surface area contributed by atoms with Gasteiger partial charge in [0.05, 0.1) is 6.67 Å². The third kappa shape index (κ3) is 5.99. The van der Waals surface area contributed by atoms with Crippen LogP contribution in [0.25, 0.3) is 0 Å². The first-order chi connectivity index (χ1) is 17.8. The second-order valence-electron chi connectivity index (χ2n) is 9.52. The normalized spacial score (nSPS) is 16.8. The second kappa shape index (κ2) is 11.8. The Morgan fingerprint density at radius 2 is 1.84 bits per heavy atom. The summed E-state index contributed by atoms with van der Waals surface area (Å²) in [6.45, 7) is 4.11. The highest BCUT2D eigenvalue weighted by Crippen LogP contribution is 2.39. The second-order valence-corrected chi connectivity index (χ2v) is 9.92. The number of benzene rings is 2. The molecular weight excluding hydrogens is 494 g/mol. The summed E-state index contributed by atoms with van der Waals surface area (Å²) in [5.41, 5.74) is 1.69. The number of likely N-dealkylation sites (tertiary alicyclic amines) is 1. The Hall–Kier alpha value is -3.30. The minimum Gasteiger partial charge on any atom is -0.385 e. The molecule has 2 fully saturated rings. The van der Waals surface area contributed by atoms with Gasteiger partial charge in [0.2, 0.25) is 5.91 Å². The molecule has 0 bridgehead atoms. The topological polar surface area (TPSA) is 94.2 Å². The van der Waals surface area contributed by atoms with Gasteiger partial charge in [0.15, 0.2) is 0 Å². The van der Waals surface area contributed by atoms with Gasteiger partial charge in [-0.2, -0.15) is 0 Å². The molecule has 2 N–H and O–H groups in total. The first-order valence-corrected chi connectivity index (χ1v) is 12.9. The summed E-state index contributed by atoms with van der Waals surface area (Å²) < 4.78 is 5.02. The molecule has 37 heavy (non-hydrogen) atoms. The van der Waals surface area contributed by atoms with Crippen molar-refractivity contribution >= 4 is 40.8 Å². The van der Waals surface area contributed by atoms with E-state index in [2.05, 4.69) is 15.5 Å². The molecule has 2 aromatic rings. The van der Waals surface area contributed by atoms with Crippen LogP contribution in [0.2, 0.25) is 5.02 Å². The van der Waals surface area contributed by atoms with Crippen molar-refractivity contribution < 1.29 is 19.1 Å². The molecule has 0 aliphatic carbocycles. The lowest BCUT2D eigenvalue weighted by Gasteiger charge is -2.43. The Morgan fingerprint density at radius 1 is 1.11 bits per heavy atom. The van der Waals surface area contributed by atoms with Crippen molar-refractivity contribution in [1.29, 1.82) is 0 Å². The van der Waals surface area contributed by atoms with Crippen LogP contribution in [-0.4, -0.2) is 79.7 Å². The number of amides is 4. The van der Waals surface area contributed by atoms with Crippen LogP contribution in [-0.2, 0) is 14.3 Å². The predicted octanol–water partition coefficient (Wildman–Crippen LogP) is 3.47. The molecular formula is C27H34ClN5O4. The van der Waals surface area contributed by atoms with E-state index < -0.39 is 5.54 Å². The minimum absolute atomic E-state index is 0.00468. The molecule has 2 aliphatic rings. The highest BCUT2D eigenvalue weighted by Gasteiger charge is 2.54. The fraction of sp³-hybridized carbons (Fsp3) is 0.444. The summed E-state index contributed by atoms with van der Waals surface area (Å²) in [5.74, 6) is -0.267. The number of urea groups is 1. The number of rotatable bonds is 8. The fourth-order valence-electron chi connectivity index (χ4n) is 4.95. The molecule has 0 radical (unpaired) electrons. The maximum atomic E-state index is 13.8. The number of halogens is 1. The molecule has 0 saturated carbocycles. The zero-order valence-electron chi connectivity index (χ0n) is 21.3. The summed E-state index contributed by atoms with van der Waals surface area (Å²) in [7, 11) is 1.62. The van der Waals surface area contributed by atoms with E-state index in [9.17, 15) is 14.4 Å². The highest BCUT2D eigenvalue weighted by molar-refractivity contribution is 6.31. The number of ether oxygens (including phenoxy) is 1. The lowest BCUT2D eigenvalue weighted by atomic mass is 9.85. The summed E-state index contributed by atoms with van der Waals surface area (Å²) in [4.78, 5) is 44.7. The molecule has 2 saturated heterocycles. The van der Waals surface area contributed by atoms with Gasteiger partial charge in [0.1, 0.15) is 12.1 Å². The van der Waals surface area contributed by atoms with Crippen LogP contribution in [0.4, 0.5) is 16.2 Å². The van der Waals surface area contributed by atoms with Crippen LogP contribution < -0.4 is 15.5 Å². The summed E-state index contributed by atoms with van der Waals surface area (Å²) >= 11 is 6.20. The van der Waals surface area contributed by atoms with E-state index in [-0.39, 0.29) is 24.4 Å². The molecule has 2 heterocycles. The maximum absolute atomic E-state index is 13.8. The Balaban J connectivity index is 1.44. The van der Waals surface area contributed by atoms with Gasteiger partial charge in [-0.3, -0.25) is 9.59 Å². The molecule has 0 aromatic heterocycles. The van der Waals surface area contributed by atoms with Crippen molar-refractivity contribution in [2.75, 3.05) is 56.8 Å². The average molecular weight is 528 g/mol. The molecule has 4 rings (SSSR count). The minimum atomic E-state index is -0.804.